The number of hydrogen-bond acceptors (Lipinski definition) is 3. The summed E-state index contributed by atoms with van der Waals surface area (Å²) in [7, 11) is 0. The Kier molecular flexibility index (Phi) is 3.88. The van der Waals surface area contributed by atoms with Gasteiger partial charge in [-0.25, -0.2) is 0 Å². The van der Waals surface area contributed by atoms with Crippen LogP contribution < -0.4 is 0 Å². The molecule has 96 valence electrons. The standard InChI is InChI=1S/C15H11ClO3/c16-12-5-3-11(4-6-12)13(17)7-1-10-2-8-14(18)15(19)9-10/h1-9,18-19H. The largest absolute Gasteiger partial charge is 0.504 e. The fourth-order valence-electron chi connectivity index (χ4n) is 1.53. The molecule has 0 bridgehead atoms. The number of hydrogen-bond donors (Lipinski definition) is 2. The van der Waals surface area contributed by atoms with E-state index >= 15 is 0 Å². The molecule has 2 aromatic carbocycles. The Hall–Kier alpha value is -2.26. The van der Waals surface area contributed by atoms with Crippen LogP contribution in [0.1, 0.15) is 15.9 Å². The van der Waals surface area contributed by atoms with Crippen molar-refractivity contribution in [3.8, 4) is 11.5 Å². The summed E-state index contributed by atoms with van der Waals surface area (Å²) in [5.41, 5.74) is 1.15. The molecule has 0 saturated heterocycles. The molecule has 0 unspecified atom stereocenters. The highest BCUT2D eigenvalue weighted by Crippen LogP contribution is 2.25. The minimum absolute atomic E-state index is 0.163. The minimum Gasteiger partial charge on any atom is -0.504 e. The van der Waals surface area contributed by atoms with E-state index < -0.39 is 0 Å². The van der Waals surface area contributed by atoms with Crippen LogP contribution in [0.25, 0.3) is 6.08 Å². The predicted octanol–water partition coefficient (Wildman–Crippen LogP) is 3.65. The first-order chi connectivity index (χ1) is 9.06. The van der Waals surface area contributed by atoms with Gasteiger partial charge in [0.05, 0.1) is 0 Å². The van der Waals surface area contributed by atoms with E-state index in [9.17, 15) is 15.0 Å². The van der Waals surface area contributed by atoms with E-state index in [0.717, 1.165) is 0 Å². The van der Waals surface area contributed by atoms with E-state index in [1.807, 2.05) is 0 Å². The molecule has 0 atom stereocenters. The Balaban J connectivity index is 2.15. The van der Waals surface area contributed by atoms with Crippen molar-refractivity contribution in [3.63, 3.8) is 0 Å². The highest BCUT2D eigenvalue weighted by Gasteiger charge is 2.02. The monoisotopic (exact) mass is 274 g/mol. The Morgan fingerprint density at radius 1 is 1.00 bits per heavy atom. The average Bonchev–Trinajstić information content (AvgIpc) is 2.40. The van der Waals surface area contributed by atoms with Gasteiger partial charge in [-0.15, -0.1) is 0 Å². The van der Waals surface area contributed by atoms with Crippen LogP contribution in [0.3, 0.4) is 0 Å². The zero-order valence-corrected chi connectivity index (χ0v) is 10.6. The number of allylic oxidation sites excluding steroid dienone is 1. The molecule has 0 radical (unpaired) electrons. The van der Waals surface area contributed by atoms with Gasteiger partial charge in [-0.05, 0) is 48.0 Å². The van der Waals surface area contributed by atoms with Gasteiger partial charge in [-0.2, -0.15) is 0 Å². The van der Waals surface area contributed by atoms with E-state index in [4.69, 9.17) is 11.6 Å². The fraction of sp³-hybridized carbons (Fsp3) is 0. The normalized spacial score (nSPS) is 10.8. The molecule has 0 aliphatic carbocycles. The average molecular weight is 275 g/mol. The molecule has 0 heterocycles. The van der Waals surface area contributed by atoms with E-state index in [0.29, 0.717) is 16.1 Å². The number of ketones is 1. The third-order valence-electron chi connectivity index (χ3n) is 2.56. The van der Waals surface area contributed by atoms with Crippen molar-refractivity contribution in [2.75, 3.05) is 0 Å². The molecule has 0 spiro atoms. The summed E-state index contributed by atoms with van der Waals surface area (Å²) in [6.45, 7) is 0. The van der Waals surface area contributed by atoms with Crippen molar-refractivity contribution in [1.82, 2.24) is 0 Å². The van der Waals surface area contributed by atoms with Crippen LogP contribution in [-0.2, 0) is 0 Å². The summed E-state index contributed by atoms with van der Waals surface area (Å²) >= 11 is 5.74. The Morgan fingerprint density at radius 2 is 1.68 bits per heavy atom. The SMILES string of the molecule is O=C(C=Cc1ccc(O)c(O)c1)c1ccc(Cl)cc1. The van der Waals surface area contributed by atoms with E-state index in [1.165, 1.54) is 18.2 Å². The Labute approximate surface area is 115 Å². The first kappa shape index (κ1) is 13.2. The van der Waals surface area contributed by atoms with E-state index in [-0.39, 0.29) is 17.3 Å². The van der Waals surface area contributed by atoms with Crippen LogP contribution in [0, 0.1) is 0 Å². The maximum Gasteiger partial charge on any atom is 0.185 e. The number of halogens is 1. The summed E-state index contributed by atoms with van der Waals surface area (Å²) in [4.78, 5) is 11.8. The minimum atomic E-state index is -0.221. The summed E-state index contributed by atoms with van der Waals surface area (Å²) in [6.07, 6.45) is 2.96. The molecule has 19 heavy (non-hydrogen) atoms. The fourth-order valence-corrected chi connectivity index (χ4v) is 1.65. The van der Waals surface area contributed by atoms with Crippen molar-refractivity contribution in [1.29, 1.82) is 0 Å². The second-order valence-corrected chi connectivity index (χ2v) is 4.39. The lowest BCUT2D eigenvalue weighted by Gasteiger charge is -1.99. The molecule has 3 nitrogen and oxygen atoms in total. The van der Waals surface area contributed by atoms with Crippen molar-refractivity contribution in [2.24, 2.45) is 0 Å². The number of benzene rings is 2. The van der Waals surface area contributed by atoms with Crippen molar-refractivity contribution in [3.05, 3.63) is 64.7 Å². The predicted molar refractivity (Wildman–Crippen MR) is 74.6 cm³/mol. The second kappa shape index (κ2) is 5.59. The topological polar surface area (TPSA) is 57.5 Å². The van der Waals surface area contributed by atoms with Gasteiger partial charge in [0, 0.05) is 10.6 Å². The van der Waals surface area contributed by atoms with Crippen LogP contribution in [0.4, 0.5) is 0 Å². The van der Waals surface area contributed by atoms with Gasteiger partial charge in [-0.1, -0.05) is 23.7 Å². The van der Waals surface area contributed by atoms with Crippen LogP contribution >= 0.6 is 11.6 Å². The lowest BCUT2D eigenvalue weighted by atomic mass is 10.1. The van der Waals surface area contributed by atoms with Crippen LogP contribution in [0.2, 0.25) is 5.02 Å². The zero-order valence-electron chi connectivity index (χ0n) is 9.88. The number of phenolic OH excluding ortho intramolecular Hbond substituents is 2. The summed E-state index contributed by atoms with van der Waals surface area (Å²) in [6, 6.07) is 10.9. The van der Waals surface area contributed by atoms with E-state index in [2.05, 4.69) is 0 Å². The third-order valence-corrected chi connectivity index (χ3v) is 2.81. The Bertz CT molecular complexity index is 630. The maximum absolute atomic E-state index is 11.8. The molecule has 4 heteroatoms. The lowest BCUT2D eigenvalue weighted by molar-refractivity contribution is 0.104. The summed E-state index contributed by atoms with van der Waals surface area (Å²) in [5.74, 6) is -0.577. The smallest absolute Gasteiger partial charge is 0.185 e. The highest BCUT2D eigenvalue weighted by atomic mass is 35.5. The van der Waals surface area contributed by atoms with Crippen molar-refractivity contribution >= 4 is 23.5 Å². The second-order valence-electron chi connectivity index (χ2n) is 3.95. The molecule has 0 saturated carbocycles. The molecule has 0 fully saturated rings. The molecular weight excluding hydrogens is 264 g/mol. The molecule has 2 aromatic rings. The van der Waals surface area contributed by atoms with Gasteiger partial charge in [0.1, 0.15) is 0 Å². The highest BCUT2D eigenvalue weighted by molar-refractivity contribution is 6.30. The van der Waals surface area contributed by atoms with Gasteiger partial charge in [0.15, 0.2) is 17.3 Å². The number of carbonyl (C=O) groups is 1. The van der Waals surface area contributed by atoms with Gasteiger partial charge in [-0.3, -0.25) is 4.79 Å². The molecule has 0 aliphatic rings. The maximum atomic E-state index is 11.8. The van der Waals surface area contributed by atoms with Crippen molar-refractivity contribution < 1.29 is 15.0 Å². The summed E-state index contributed by atoms with van der Waals surface area (Å²) in [5, 5.41) is 19.1. The molecule has 0 aromatic heterocycles. The van der Waals surface area contributed by atoms with Gasteiger partial charge in [0.25, 0.3) is 0 Å². The van der Waals surface area contributed by atoms with Crippen LogP contribution in [0.15, 0.2) is 48.5 Å². The lowest BCUT2D eigenvalue weighted by Crippen LogP contribution is -1.92. The van der Waals surface area contributed by atoms with E-state index in [1.54, 1.807) is 36.4 Å². The number of aromatic hydroxyl groups is 2. The summed E-state index contributed by atoms with van der Waals surface area (Å²) < 4.78 is 0. The Morgan fingerprint density at radius 3 is 2.32 bits per heavy atom. The van der Waals surface area contributed by atoms with Gasteiger partial charge in [0.2, 0.25) is 0 Å². The number of rotatable bonds is 3. The molecule has 0 amide bonds. The van der Waals surface area contributed by atoms with Gasteiger partial charge >= 0.3 is 0 Å². The first-order valence-electron chi connectivity index (χ1n) is 5.56. The quantitative estimate of drug-likeness (QED) is 0.510. The third kappa shape index (κ3) is 3.36. The van der Waals surface area contributed by atoms with Crippen LogP contribution in [0.5, 0.6) is 11.5 Å². The zero-order chi connectivity index (χ0) is 13.8. The number of carbonyl (C=O) groups excluding carboxylic acids is 1. The van der Waals surface area contributed by atoms with Crippen molar-refractivity contribution in [2.45, 2.75) is 0 Å². The molecular formula is C15H11ClO3. The first-order valence-corrected chi connectivity index (χ1v) is 5.94. The van der Waals surface area contributed by atoms with Crippen LogP contribution in [-0.4, -0.2) is 16.0 Å². The number of phenols is 2. The molecule has 2 rings (SSSR count). The molecule has 0 aliphatic heterocycles. The molecule has 2 N–H and O–H groups in total. The van der Waals surface area contributed by atoms with Gasteiger partial charge < -0.3 is 10.2 Å².